The summed E-state index contributed by atoms with van der Waals surface area (Å²) in [4.78, 5) is 12.1. The molecular weight excluding hydrogens is 212 g/mol. The Hall–Kier alpha value is -1.42. The zero-order chi connectivity index (χ0) is 11.7. The molecule has 3 heterocycles. The lowest BCUT2D eigenvalue weighted by molar-refractivity contribution is 0.292. The van der Waals surface area contributed by atoms with E-state index in [0.717, 1.165) is 29.3 Å². The fourth-order valence-electron chi connectivity index (χ4n) is 2.62. The van der Waals surface area contributed by atoms with Crippen molar-refractivity contribution in [2.75, 3.05) is 6.54 Å². The predicted molar refractivity (Wildman–Crippen MR) is 67.6 cm³/mol. The molecule has 2 atom stereocenters. The third kappa shape index (κ3) is 2.05. The van der Waals surface area contributed by atoms with E-state index in [1.807, 2.05) is 12.3 Å². The van der Waals surface area contributed by atoms with Crippen LogP contribution in [0.15, 0.2) is 18.5 Å². The number of hydrogen-bond donors (Lipinski definition) is 2. The van der Waals surface area contributed by atoms with Crippen molar-refractivity contribution < 1.29 is 0 Å². The van der Waals surface area contributed by atoms with E-state index in [0.29, 0.717) is 6.04 Å². The van der Waals surface area contributed by atoms with Gasteiger partial charge in [-0.25, -0.2) is 4.98 Å². The zero-order valence-corrected chi connectivity index (χ0v) is 10.1. The molecule has 0 saturated carbocycles. The molecule has 4 heteroatoms. The number of piperidine rings is 1. The second-order valence-electron chi connectivity index (χ2n) is 4.82. The van der Waals surface area contributed by atoms with Crippen LogP contribution in [-0.4, -0.2) is 21.5 Å². The minimum atomic E-state index is 0.376. The number of pyridine rings is 1. The predicted octanol–water partition coefficient (Wildman–Crippen LogP) is 2.41. The first-order valence-corrected chi connectivity index (χ1v) is 6.40. The minimum Gasteiger partial charge on any atom is -0.339 e. The van der Waals surface area contributed by atoms with Crippen molar-refractivity contribution in [3.05, 3.63) is 24.3 Å². The molecule has 1 aliphatic rings. The highest BCUT2D eigenvalue weighted by Crippen LogP contribution is 2.28. The van der Waals surface area contributed by atoms with Gasteiger partial charge in [0.2, 0.25) is 0 Å². The Kier molecular flexibility index (Phi) is 2.81. The molecular formula is C13H18N4. The molecule has 2 aromatic rings. The fraction of sp³-hybridized carbons (Fsp3) is 0.538. The SMILES string of the molecule is CCC1CCNC(c2nc3ccncc3[nH]2)C1. The normalized spacial score (nSPS) is 25.2. The highest BCUT2D eigenvalue weighted by atomic mass is 15.0. The highest BCUT2D eigenvalue weighted by molar-refractivity contribution is 5.73. The second-order valence-corrected chi connectivity index (χ2v) is 4.82. The number of hydrogen-bond acceptors (Lipinski definition) is 3. The average molecular weight is 230 g/mol. The zero-order valence-electron chi connectivity index (χ0n) is 10.1. The maximum Gasteiger partial charge on any atom is 0.124 e. The molecule has 0 aliphatic carbocycles. The summed E-state index contributed by atoms with van der Waals surface area (Å²) in [6, 6.07) is 2.33. The first-order chi connectivity index (χ1) is 8.36. The van der Waals surface area contributed by atoms with Crippen LogP contribution in [0.5, 0.6) is 0 Å². The van der Waals surface area contributed by atoms with Gasteiger partial charge < -0.3 is 10.3 Å². The second kappa shape index (κ2) is 4.45. The third-order valence-electron chi connectivity index (χ3n) is 3.72. The van der Waals surface area contributed by atoms with E-state index < -0.39 is 0 Å². The molecule has 0 amide bonds. The van der Waals surface area contributed by atoms with Gasteiger partial charge in [-0.3, -0.25) is 4.98 Å². The maximum atomic E-state index is 4.65. The van der Waals surface area contributed by atoms with E-state index >= 15 is 0 Å². The van der Waals surface area contributed by atoms with Gasteiger partial charge in [0, 0.05) is 6.20 Å². The molecule has 4 nitrogen and oxygen atoms in total. The first kappa shape index (κ1) is 10.7. The van der Waals surface area contributed by atoms with Gasteiger partial charge in [-0.1, -0.05) is 13.3 Å². The number of imidazole rings is 1. The lowest BCUT2D eigenvalue weighted by Gasteiger charge is -2.28. The highest BCUT2D eigenvalue weighted by Gasteiger charge is 2.23. The van der Waals surface area contributed by atoms with E-state index in [1.54, 1.807) is 6.20 Å². The van der Waals surface area contributed by atoms with Crippen LogP contribution in [-0.2, 0) is 0 Å². The van der Waals surface area contributed by atoms with Gasteiger partial charge in [-0.2, -0.15) is 0 Å². The molecule has 0 bridgehead atoms. The van der Waals surface area contributed by atoms with Crippen LogP contribution in [0.1, 0.15) is 38.1 Å². The van der Waals surface area contributed by atoms with Gasteiger partial charge in [-0.05, 0) is 31.4 Å². The molecule has 0 spiro atoms. The summed E-state index contributed by atoms with van der Waals surface area (Å²) in [6.45, 7) is 3.37. The van der Waals surface area contributed by atoms with Crippen molar-refractivity contribution in [2.45, 2.75) is 32.2 Å². The van der Waals surface area contributed by atoms with Crippen LogP contribution in [0.3, 0.4) is 0 Å². The molecule has 0 aromatic carbocycles. The molecule has 90 valence electrons. The topological polar surface area (TPSA) is 53.6 Å². The Balaban J connectivity index is 1.87. The Bertz CT molecular complexity index is 472. The third-order valence-corrected chi connectivity index (χ3v) is 3.72. The summed E-state index contributed by atoms with van der Waals surface area (Å²) in [5.41, 5.74) is 2.04. The van der Waals surface area contributed by atoms with Crippen LogP contribution in [0.4, 0.5) is 0 Å². The van der Waals surface area contributed by atoms with Gasteiger partial charge >= 0.3 is 0 Å². The maximum absolute atomic E-state index is 4.65. The number of H-pyrrole nitrogens is 1. The first-order valence-electron chi connectivity index (χ1n) is 6.40. The Morgan fingerprint density at radius 2 is 2.41 bits per heavy atom. The largest absolute Gasteiger partial charge is 0.339 e. The lowest BCUT2D eigenvalue weighted by atomic mass is 9.90. The summed E-state index contributed by atoms with van der Waals surface area (Å²) in [5.74, 6) is 1.89. The van der Waals surface area contributed by atoms with Crippen LogP contribution < -0.4 is 5.32 Å². The molecule has 2 aromatic heterocycles. The molecule has 2 unspecified atom stereocenters. The minimum absolute atomic E-state index is 0.376. The Morgan fingerprint density at radius 3 is 3.24 bits per heavy atom. The van der Waals surface area contributed by atoms with Gasteiger partial charge in [0.15, 0.2) is 0 Å². The van der Waals surface area contributed by atoms with Crippen molar-refractivity contribution in [3.63, 3.8) is 0 Å². The summed E-state index contributed by atoms with van der Waals surface area (Å²) in [6.07, 6.45) is 7.36. The van der Waals surface area contributed by atoms with Crippen LogP contribution in [0.25, 0.3) is 11.0 Å². The molecule has 17 heavy (non-hydrogen) atoms. The lowest BCUT2D eigenvalue weighted by Crippen LogP contribution is -2.32. The number of aromatic amines is 1. The van der Waals surface area contributed by atoms with Crippen molar-refractivity contribution in [2.24, 2.45) is 5.92 Å². The number of nitrogens with one attached hydrogen (secondary N) is 2. The van der Waals surface area contributed by atoms with Crippen molar-refractivity contribution >= 4 is 11.0 Å². The number of nitrogens with zero attached hydrogens (tertiary/aromatic N) is 2. The van der Waals surface area contributed by atoms with Crippen molar-refractivity contribution in [1.82, 2.24) is 20.3 Å². The smallest absolute Gasteiger partial charge is 0.124 e. The molecule has 1 aliphatic heterocycles. The van der Waals surface area contributed by atoms with Crippen molar-refractivity contribution in [3.8, 4) is 0 Å². The van der Waals surface area contributed by atoms with Gasteiger partial charge in [0.25, 0.3) is 0 Å². The Morgan fingerprint density at radius 1 is 1.47 bits per heavy atom. The summed E-state index contributed by atoms with van der Waals surface area (Å²) >= 11 is 0. The van der Waals surface area contributed by atoms with E-state index in [2.05, 4.69) is 27.2 Å². The van der Waals surface area contributed by atoms with Crippen LogP contribution in [0.2, 0.25) is 0 Å². The molecule has 1 fully saturated rings. The van der Waals surface area contributed by atoms with E-state index in [1.165, 1.54) is 19.3 Å². The molecule has 2 N–H and O–H groups in total. The van der Waals surface area contributed by atoms with E-state index in [-0.39, 0.29) is 0 Å². The van der Waals surface area contributed by atoms with Crippen LogP contribution in [0, 0.1) is 5.92 Å². The van der Waals surface area contributed by atoms with Crippen molar-refractivity contribution in [1.29, 1.82) is 0 Å². The number of aromatic nitrogens is 3. The number of rotatable bonds is 2. The standard InChI is InChI=1S/C13H18N4/c1-2-9-3-6-15-11(7-9)13-16-10-4-5-14-8-12(10)17-13/h4-5,8-9,11,15H,2-3,6-7H2,1H3,(H,16,17). The van der Waals surface area contributed by atoms with Crippen LogP contribution >= 0.6 is 0 Å². The fourth-order valence-corrected chi connectivity index (χ4v) is 2.62. The average Bonchev–Trinajstić information content (AvgIpc) is 2.82. The van der Waals surface area contributed by atoms with Gasteiger partial charge in [-0.15, -0.1) is 0 Å². The van der Waals surface area contributed by atoms with E-state index in [4.69, 9.17) is 0 Å². The molecule has 3 rings (SSSR count). The summed E-state index contributed by atoms with van der Waals surface area (Å²) in [5, 5.41) is 3.55. The molecule has 0 radical (unpaired) electrons. The van der Waals surface area contributed by atoms with E-state index in [9.17, 15) is 0 Å². The number of fused-ring (bicyclic) bond motifs is 1. The Labute approximate surface area is 101 Å². The quantitative estimate of drug-likeness (QED) is 0.833. The monoisotopic (exact) mass is 230 g/mol. The van der Waals surface area contributed by atoms with Gasteiger partial charge in [0.05, 0.1) is 23.3 Å². The van der Waals surface area contributed by atoms with Gasteiger partial charge in [0.1, 0.15) is 5.82 Å². The molecule has 1 saturated heterocycles. The summed E-state index contributed by atoms with van der Waals surface area (Å²) in [7, 11) is 0. The summed E-state index contributed by atoms with van der Waals surface area (Å²) < 4.78 is 0.